The first-order valence-electron chi connectivity index (χ1n) is 12.4. The van der Waals surface area contributed by atoms with E-state index in [0.29, 0.717) is 18.6 Å². The van der Waals surface area contributed by atoms with Gasteiger partial charge in [0.25, 0.3) is 5.91 Å². The van der Waals surface area contributed by atoms with E-state index >= 15 is 0 Å². The fraction of sp³-hybridized carbons (Fsp3) is 0.464. The van der Waals surface area contributed by atoms with Gasteiger partial charge in [-0.15, -0.1) is 0 Å². The van der Waals surface area contributed by atoms with Gasteiger partial charge in [-0.3, -0.25) is 4.79 Å². The van der Waals surface area contributed by atoms with Crippen LogP contribution in [0.1, 0.15) is 80.1 Å². The maximum atomic E-state index is 14.1. The minimum Gasteiger partial charge on any atom is -0.342 e. The summed E-state index contributed by atoms with van der Waals surface area (Å²) in [5.74, 6) is -0.0181. The highest BCUT2D eigenvalue weighted by Crippen LogP contribution is 2.33. The molecule has 3 aromatic rings. The van der Waals surface area contributed by atoms with Crippen molar-refractivity contribution in [3.05, 3.63) is 71.7 Å². The molecule has 3 nitrogen and oxygen atoms in total. The number of fused-ring (bicyclic) bond motifs is 1. The van der Waals surface area contributed by atoms with Gasteiger partial charge < -0.3 is 9.47 Å². The molecule has 168 valence electrons. The van der Waals surface area contributed by atoms with Crippen molar-refractivity contribution in [2.45, 2.75) is 82.8 Å². The molecule has 2 aromatic carbocycles. The number of hydrogen-bond donors (Lipinski definition) is 0. The lowest BCUT2D eigenvalue weighted by atomic mass is 9.88. The van der Waals surface area contributed by atoms with Crippen molar-refractivity contribution in [3.8, 4) is 0 Å². The molecular formula is C28H33FN2O. The highest BCUT2D eigenvalue weighted by Gasteiger charge is 2.34. The molecule has 2 aliphatic carbocycles. The first-order chi connectivity index (χ1) is 15.7. The van der Waals surface area contributed by atoms with Crippen molar-refractivity contribution in [3.63, 3.8) is 0 Å². The molecule has 32 heavy (non-hydrogen) atoms. The van der Waals surface area contributed by atoms with Crippen molar-refractivity contribution < 1.29 is 9.18 Å². The summed E-state index contributed by atoms with van der Waals surface area (Å²) in [4.78, 5) is 16.4. The zero-order valence-corrected chi connectivity index (χ0v) is 18.8. The number of benzene rings is 2. The van der Waals surface area contributed by atoms with E-state index in [2.05, 4.69) is 21.6 Å². The second kappa shape index (κ2) is 9.48. The normalized spacial score (nSPS) is 18.2. The zero-order chi connectivity index (χ0) is 21.9. The number of rotatable bonds is 5. The Balaban J connectivity index is 1.51. The molecule has 0 radical (unpaired) electrons. The Bertz CT molecular complexity index is 1040. The second-order valence-electron chi connectivity index (χ2n) is 9.61. The number of nitrogens with zero attached hydrogens (tertiary/aromatic N) is 2. The molecule has 0 N–H and O–H groups in total. The molecule has 5 rings (SSSR count). The third-order valence-corrected chi connectivity index (χ3v) is 7.46. The predicted octanol–water partition coefficient (Wildman–Crippen LogP) is 6.94. The molecule has 2 aliphatic rings. The van der Waals surface area contributed by atoms with Crippen LogP contribution in [-0.4, -0.2) is 27.5 Å². The van der Waals surface area contributed by atoms with E-state index in [1.807, 2.05) is 30.5 Å². The van der Waals surface area contributed by atoms with Crippen LogP contribution in [0.4, 0.5) is 4.39 Å². The number of amides is 1. The average Bonchev–Trinajstić information content (AvgIpc) is 3.20. The average molecular weight is 433 g/mol. The largest absolute Gasteiger partial charge is 0.342 e. The number of carbonyl (C=O) groups is 1. The maximum absolute atomic E-state index is 14.1. The SMILES string of the molecule is O=C(c1cn(Cc2ccc(F)cc2)c2ccccc12)N(C1CCCCC1)C1CCCCC1. The topological polar surface area (TPSA) is 25.2 Å². The van der Waals surface area contributed by atoms with Crippen LogP contribution in [-0.2, 0) is 6.54 Å². The summed E-state index contributed by atoms with van der Waals surface area (Å²) in [5.41, 5.74) is 2.91. The first kappa shape index (κ1) is 21.2. The number of halogens is 1. The smallest absolute Gasteiger partial charge is 0.256 e. The third kappa shape index (κ3) is 4.32. The van der Waals surface area contributed by atoms with Crippen molar-refractivity contribution in [2.24, 2.45) is 0 Å². The van der Waals surface area contributed by atoms with Crippen LogP contribution < -0.4 is 0 Å². The zero-order valence-electron chi connectivity index (χ0n) is 18.8. The maximum Gasteiger partial charge on any atom is 0.256 e. The summed E-state index contributed by atoms with van der Waals surface area (Å²) in [7, 11) is 0. The minimum absolute atomic E-state index is 0.206. The Morgan fingerprint density at radius 3 is 2.06 bits per heavy atom. The molecule has 1 aromatic heterocycles. The standard InChI is InChI=1S/C28H33FN2O/c29-22-17-15-21(16-18-22)19-30-20-26(25-13-7-8-14-27(25)30)28(32)31(23-9-3-1-4-10-23)24-11-5-2-6-12-24/h7-8,13-18,20,23-24H,1-6,9-12,19H2. The Labute approximate surface area is 190 Å². The van der Waals surface area contributed by atoms with Crippen LogP contribution in [0.15, 0.2) is 54.7 Å². The van der Waals surface area contributed by atoms with Crippen LogP contribution in [0, 0.1) is 5.82 Å². The lowest BCUT2D eigenvalue weighted by molar-refractivity contribution is 0.0450. The molecule has 1 amide bonds. The van der Waals surface area contributed by atoms with E-state index in [0.717, 1.165) is 47.7 Å². The second-order valence-corrected chi connectivity index (χ2v) is 9.61. The molecule has 0 atom stereocenters. The lowest BCUT2D eigenvalue weighted by Gasteiger charge is -2.41. The van der Waals surface area contributed by atoms with Gasteiger partial charge in [-0.05, 0) is 49.4 Å². The van der Waals surface area contributed by atoms with Gasteiger partial charge in [-0.25, -0.2) is 4.39 Å². The van der Waals surface area contributed by atoms with Crippen LogP contribution in [0.5, 0.6) is 0 Å². The van der Waals surface area contributed by atoms with Crippen molar-refractivity contribution in [1.29, 1.82) is 0 Å². The quantitative estimate of drug-likeness (QED) is 0.429. The Morgan fingerprint density at radius 2 is 1.44 bits per heavy atom. The van der Waals surface area contributed by atoms with E-state index in [1.54, 1.807) is 0 Å². The van der Waals surface area contributed by atoms with E-state index in [1.165, 1.54) is 50.7 Å². The van der Waals surface area contributed by atoms with E-state index in [9.17, 15) is 9.18 Å². The molecule has 1 heterocycles. The fourth-order valence-corrected chi connectivity index (χ4v) is 5.82. The molecule has 0 unspecified atom stereocenters. The van der Waals surface area contributed by atoms with Gasteiger partial charge in [-0.1, -0.05) is 68.9 Å². The lowest BCUT2D eigenvalue weighted by Crippen LogP contribution is -2.48. The third-order valence-electron chi connectivity index (χ3n) is 7.46. The molecule has 0 saturated heterocycles. The summed E-state index contributed by atoms with van der Waals surface area (Å²) in [6.45, 7) is 0.626. The van der Waals surface area contributed by atoms with E-state index in [-0.39, 0.29) is 11.7 Å². The van der Waals surface area contributed by atoms with Gasteiger partial charge in [-0.2, -0.15) is 0 Å². The molecule has 0 aliphatic heterocycles. The highest BCUT2D eigenvalue weighted by atomic mass is 19.1. The summed E-state index contributed by atoms with van der Waals surface area (Å²) in [5, 5.41) is 1.02. The van der Waals surface area contributed by atoms with Crippen molar-refractivity contribution in [1.82, 2.24) is 9.47 Å². The van der Waals surface area contributed by atoms with E-state index in [4.69, 9.17) is 0 Å². The fourth-order valence-electron chi connectivity index (χ4n) is 5.82. The number of para-hydroxylation sites is 1. The predicted molar refractivity (Wildman–Crippen MR) is 127 cm³/mol. The summed E-state index contributed by atoms with van der Waals surface area (Å²) >= 11 is 0. The molecule has 2 saturated carbocycles. The molecule has 4 heteroatoms. The van der Waals surface area contributed by atoms with Crippen LogP contribution >= 0.6 is 0 Å². The Hall–Kier alpha value is -2.62. The van der Waals surface area contributed by atoms with Crippen molar-refractivity contribution in [2.75, 3.05) is 0 Å². The van der Waals surface area contributed by atoms with Gasteiger partial charge in [0.05, 0.1) is 5.56 Å². The number of carbonyl (C=O) groups excluding carboxylic acids is 1. The van der Waals surface area contributed by atoms with Gasteiger partial charge in [0.2, 0.25) is 0 Å². The monoisotopic (exact) mass is 432 g/mol. The summed E-state index contributed by atoms with van der Waals surface area (Å²) in [6, 6.07) is 15.6. The van der Waals surface area contributed by atoms with Gasteiger partial charge in [0.1, 0.15) is 5.82 Å². The van der Waals surface area contributed by atoms with Crippen LogP contribution in [0.2, 0.25) is 0 Å². The summed E-state index contributed by atoms with van der Waals surface area (Å²) in [6.07, 6.45) is 14.1. The van der Waals surface area contributed by atoms with Crippen LogP contribution in [0.3, 0.4) is 0 Å². The molecule has 2 fully saturated rings. The van der Waals surface area contributed by atoms with Crippen LogP contribution in [0.25, 0.3) is 10.9 Å². The number of hydrogen-bond acceptors (Lipinski definition) is 1. The van der Waals surface area contributed by atoms with Gasteiger partial charge >= 0.3 is 0 Å². The van der Waals surface area contributed by atoms with Gasteiger partial charge in [0.15, 0.2) is 0 Å². The van der Waals surface area contributed by atoms with E-state index < -0.39 is 0 Å². The highest BCUT2D eigenvalue weighted by molar-refractivity contribution is 6.07. The molecule has 0 spiro atoms. The van der Waals surface area contributed by atoms with Crippen molar-refractivity contribution >= 4 is 16.8 Å². The number of aromatic nitrogens is 1. The summed E-state index contributed by atoms with van der Waals surface area (Å²) < 4.78 is 15.5. The minimum atomic E-state index is -0.224. The van der Waals surface area contributed by atoms with Gasteiger partial charge in [0, 0.05) is 35.7 Å². The molecular weight excluding hydrogens is 399 g/mol. The Morgan fingerprint density at radius 1 is 0.844 bits per heavy atom. The Kier molecular flexibility index (Phi) is 6.29. The first-order valence-corrected chi connectivity index (χ1v) is 12.4. The molecule has 0 bridgehead atoms.